The first kappa shape index (κ1) is 57.7. The Kier molecular flexibility index (Phi) is 23.2. The Morgan fingerprint density at radius 3 is 1.85 bits per heavy atom. The Morgan fingerprint density at radius 2 is 1.21 bits per heavy atom. The zero-order valence-corrected chi connectivity index (χ0v) is 41.5. The number of hydrogen-bond donors (Lipinski definition) is 13. The third-order valence-corrected chi connectivity index (χ3v) is 11.8. The van der Waals surface area contributed by atoms with E-state index in [-0.39, 0.29) is 56.9 Å². The van der Waals surface area contributed by atoms with Crippen LogP contribution in [0, 0.1) is 5.92 Å². The summed E-state index contributed by atoms with van der Waals surface area (Å²) < 4.78 is 0. The second-order valence-electron chi connectivity index (χ2n) is 18.1. The lowest BCUT2D eigenvalue weighted by atomic mass is 10.00. The van der Waals surface area contributed by atoms with E-state index in [4.69, 9.17) is 28.7 Å². The summed E-state index contributed by atoms with van der Waals surface area (Å²) in [6, 6.07) is 14.0. The van der Waals surface area contributed by atoms with Crippen LogP contribution in [0.5, 0.6) is 0 Å². The van der Waals surface area contributed by atoms with Crippen molar-refractivity contribution >= 4 is 64.0 Å². The number of fused-ring (bicyclic) bond motifs is 1. The lowest BCUT2D eigenvalue weighted by molar-refractivity contribution is -0.134. The molecule has 1 aromatic heterocycles. The molecule has 4 aromatic rings. The zero-order valence-electron chi connectivity index (χ0n) is 41.5. The van der Waals surface area contributed by atoms with E-state index in [1.165, 1.54) is 19.4 Å². The van der Waals surface area contributed by atoms with Gasteiger partial charge in [-0.3, -0.25) is 43.3 Å². The number of carbonyl (C=O) groups excluding carboxylic acids is 8. The highest BCUT2D eigenvalue weighted by molar-refractivity contribution is 5.97. The van der Waals surface area contributed by atoms with Crippen molar-refractivity contribution in [3.63, 3.8) is 0 Å². The standard InChI is InChI=1S/C50H71N15O8/c1-29(2)42(43(53)67)65-49(73)39(23-31-12-5-4-6-13-31)64-47(71)37(16-9-10-20-51)61-41(66)27-58-44(68)30(3)60-46(70)38(17-11-21-57-50(54)55)62-48(72)40(63-45(69)36(52)25-35-26-56-28-59-35)24-32-18-19-33-14-7-8-15-34(33)22-32/h4-8,12-15,18-19,22,26,28-30,36-40,42H,9-11,16-17,20-21,23-25,27,51-52H2,1-3H3,(H2,53,67)(H,56,59)(H,58,68)(H,60,70)(H,61,66)(H,62,72)(H,63,69)(H,64,71)(H,65,73)(H4,54,55,57)/t30-,36-,37-,38-,39-,40+,42-/m0/s1. The molecule has 0 saturated heterocycles. The maximum Gasteiger partial charge on any atom is 0.243 e. The molecule has 0 radical (unpaired) electrons. The van der Waals surface area contributed by atoms with Gasteiger partial charge in [-0.1, -0.05) is 86.6 Å². The van der Waals surface area contributed by atoms with Crippen molar-refractivity contribution < 1.29 is 38.4 Å². The van der Waals surface area contributed by atoms with Crippen LogP contribution < -0.4 is 65.9 Å². The first-order valence-corrected chi connectivity index (χ1v) is 24.2. The van der Waals surface area contributed by atoms with Crippen molar-refractivity contribution in [1.29, 1.82) is 0 Å². The Bertz CT molecular complexity index is 2500. The summed E-state index contributed by atoms with van der Waals surface area (Å²) >= 11 is 0. The van der Waals surface area contributed by atoms with Gasteiger partial charge < -0.3 is 70.9 Å². The van der Waals surface area contributed by atoms with Crippen LogP contribution in [0.4, 0.5) is 0 Å². The quantitative estimate of drug-likeness (QED) is 0.0157. The molecule has 0 aliphatic heterocycles. The number of hydrogen-bond acceptors (Lipinski definition) is 12. The van der Waals surface area contributed by atoms with Crippen LogP contribution in [0.3, 0.4) is 0 Å². The minimum Gasteiger partial charge on any atom is -0.370 e. The number of primary amides is 1. The summed E-state index contributed by atoms with van der Waals surface area (Å²) in [5, 5.41) is 20.4. The van der Waals surface area contributed by atoms with Gasteiger partial charge in [-0.15, -0.1) is 0 Å². The van der Waals surface area contributed by atoms with E-state index < -0.39 is 96.1 Å². The average molecular weight is 1010 g/mol. The number of aliphatic imine (C=N–C) groups is 1. The molecule has 18 N–H and O–H groups in total. The summed E-state index contributed by atoms with van der Waals surface area (Å²) in [5.74, 6) is -6.26. The van der Waals surface area contributed by atoms with Crippen LogP contribution in [0.15, 0.2) is 90.3 Å². The number of aromatic amines is 1. The summed E-state index contributed by atoms with van der Waals surface area (Å²) in [6.07, 6.45) is 4.47. The lowest BCUT2D eigenvalue weighted by Gasteiger charge is -2.26. The van der Waals surface area contributed by atoms with Crippen molar-refractivity contribution in [2.45, 2.75) is 114 Å². The van der Waals surface area contributed by atoms with Crippen molar-refractivity contribution in [3.05, 3.63) is 102 Å². The number of amides is 8. The number of unbranched alkanes of at least 4 members (excludes halogenated alkanes) is 1. The Labute approximate surface area is 424 Å². The van der Waals surface area contributed by atoms with E-state index >= 15 is 0 Å². The van der Waals surface area contributed by atoms with Crippen molar-refractivity contribution in [3.8, 4) is 0 Å². The van der Waals surface area contributed by atoms with Gasteiger partial charge in [-0.25, -0.2) is 4.98 Å². The molecule has 23 nitrogen and oxygen atoms in total. The number of aromatic nitrogens is 2. The minimum atomic E-state index is -1.26. The first-order chi connectivity index (χ1) is 34.8. The Morgan fingerprint density at radius 1 is 0.616 bits per heavy atom. The van der Waals surface area contributed by atoms with Gasteiger partial charge in [0.2, 0.25) is 47.3 Å². The molecule has 0 spiro atoms. The van der Waals surface area contributed by atoms with Crippen molar-refractivity contribution in [2.24, 2.45) is 39.6 Å². The first-order valence-electron chi connectivity index (χ1n) is 24.2. The molecule has 3 aromatic carbocycles. The number of carbonyl (C=O) groups is 8. The van der Waals surface area contributed by atoms with Crippen LogP contribution in [-0.4, -0.2) is 125 Å². The molecule has 1 heterocycles. The van der Waals surface area contributed by atoms with Gasteiger partial charge in [0, 0.05) is 37.7 Å². The van der Waals surface area contributed by atoms with Gasteiger partial charge in [0.05, 0.1) is 18.9 Å². The highest BCUT2D eigenvalue weighted by Gasteiger charge is 2.32. The van der Waals surface area contributed by atoms with E-state index in [0.29, 0.717) is 36.2 Å². The summed E-state index contributed by atoms with van der Waals surface area (Å²) in [6.45, 7) is 4.61. The van der Waals surface area contributed by atoms with E-state index in [2.05, 4.69) is 52.2 Å². The van der Waals surface area contributed by atoms with Gasteiger partial charge in [0.25, 0.3) is 0 Å². The second kappa shape index (κ2) is 29.4. The molecule has 0 unspecified atom stereocenters. The number of imidazole rings is 1. The highest BCUT2D eigenvalue weighted by Crippen LogP contribution is 2.17. The molecule has 0 aliphatic rings. The molecule has 73 heavy (non-hydrogen) atoms. The maximum absolute atomic E-state index is 14.2. The third-order valence-electron chi connectivity index (χ3n) is 11.8. The zero-order chi connectivity index (χ0) is 53.5. The molecule has 0 fully saturated rings. The second-order valence-corrected chi connectivity index (χ2v) is 18.1. The van der Waals surface area contributed by atoms with Gasteiger partial charge in [-0.2, -0.15) is 0 Å². The number of H-pyrrole nitrogens is 1. The van der Waals surface area contributed by atoms with Crippen LogP contribution >= 0.6 is 0 Å². The average Bonchev–Trinajstić information content (AvgIpc) is 3.87. The van der Waals surface area contributed by atoms with Gasteiger partial charge in [-0.05, 0) is 73.4 Å². The molecule has 0 bridgehead atoms. The molecule has 0 aliphatic carbocycles. The van der Waals surface area contributed by atoms with E-state index in [9.17, 15) is 38.4 Å². The maximum atomic E-state index is 14.2. The Hall–Kier alpha value is -7.92. The molecule has 394 valence electrons. The predicted molar refractivity (Wildman–Crippen MR) is 275 cm³/mol. The van der Waals surface area contributed by atoms with E-state index in [1.807, 2.05) is 42.5 Å². The predicted octanol–water partition coefficient (Wildman–Crippen LogP) is -1.71. The van der Waals surface area contributed by atoms with Crippen LogP contribution in [0.2, 0.25) is 0 Å². The number of nitrogens with two attached hydrogens (primary N) is 5. The summed E-state index contributed by atoms with van der Waals surface area (Å²) in [5.41, 5.74) is 30.6. The Balaban J connectivity index is 1.45. The fourth-order valence-electron chi connectivity index (χ4n) is 7.72. The van der Waals surface area contributed by atoms with Crippen LogP contribution in [-0.2, 0) is 57.6 Å². The summed E-state index contributed by atoms with van der Waals surface area (Å²) in [4.78, 5) is 119. The summed E-state index contributed by atoms with van der Waals surface area (Å²) in [7, 11) is 0. The minimum absolute atomic E-state index is 0.00595. The molecule has 4 rings (SSSR count). The fraction of sp³-hybridized carbons (Fsp3) is 0.440. The molecular formula is C50H71N15O8. The van der Waals surface area contributed by atoms with E-state index in [0.717, 1.165) is 10.8 Å². The van der Waals surface area contributed by atoms with Gasteiger partial charge >= 0.3 is 0 Å². The molecular weight excluding hydrogens is 939 g/mol. The number of rotatable bonds is 30. The molecule has 23 heteroatoms. The van der Waals surface area contributed by atoms with Crippen LogP contribution in [0.1, 0.15) is 69.7 Å². The number of benzene rings is 3. The molecule has 8 amide bonds. The third kappa shape index (κ3) is 19.7. The highest BCUT2D eigenvalue weighted by atomic mass is 16.2. The molecule has 0 saturated carbocycles. The van der Waals surface area contributed by atoms with E-state index in [1.54, 1.807) is 44.2 Å². The lowest BCUT2D eigenvalue weighted by Crippen LogP contribution is -2.59. The SMILES string of the molecule is CC(C)[C@H](NC(=O)[C@H](Cc1ccccc1)NC(=O)[C@H](CCCCN)NC(=O)CNC(=O)[C@H](C)NC(=O)[C@H](CCCN=C(N)N)NC(=O)[C@@H](Cc1ccc2ccccc2c1)NC(=O)[C@@H](N)Cc1cnc[nH]1)C(N)=O. The number of nitrogens with one attached hydrogen (secondary N) is 8. The fourth-order valence-corrected chi connectivity index (χ4v) is 7.72. The smallest absolute Gasteiger partial charge is 0.243 e. The van der Waals surface area contributed by atoms with Gasteiger partial charge in [0.15, 0.2) is 5.96 Å². The number of guanidine groups is 1. The monoisotopic (exact) mass is 1010 g/mol. The topological polar surface area (TPSA) is 392 Å². The van der Waals surface area contributed by atoms with Crippen molar-refractivity contribution in [1.82, 2.24) is 47.2 Å². The largest absolute Gasteiger partial charge is 0.370 e. The normalized spacial score (nSPS) is 13.9. The van der Waals surface area contributed by atoms with Crippen LogP contribution in [0.25, 0.3) is 10.8 Å². The number of nitrogens with zero attached hydrogens (tertiary/aromatic N) is 2. The van der Waals surface area contributed by atoms with Gasteiger partial charge in [0.1, 0.15) is 36.3 Å². The van der Waals surface area contributed by atoms with Crippen molar-refractivity contribution in [2.75, 3.05) is 19.6 Å². The molecule has 7 atom stereocenters.